The van der Waals surface area contributed by atoms with Gasteiger partial charge in [-0.2, -0.15) is 5.10 Å². The fourth-order valence-corrected chi connectivity index (χ4v) is 4.49. The summed E-state index contributed by atoms with van der Waals surface area (Å²) < 4.78 is 12.7. The quantitative estimate of drug-likeness (QED) is 0.488. The second-order valence-corrected chi connectivity index (χ2v) is 7.82. The third-order valence-corrected chi connectivity index (χ3v) is 6.03. The zero-order valence-electron chi connectivity index (χ0n) is 17.8. The second kappa shape index (κ2) is 7.54. The Bertz CT molecular complexity index is 1290. The van der Waals surface area contributed by atoms with E-state index in [2.05, 4.69) is 17.1 Å². The molecule has 2 aromatic heterocycles. The van der Waals surface area contributed by atoms with E-state index in [9.17, 15) is 4.79 Å². The molecule has 0 fully saturated rings. The Balaban J connectivity index is 1.62. The number of hydrogen-bond donors (Lipinski definition) is 0. The van der Waals surface area contributed by atoms with Crippen molar-refractivity contribution in [3.63, 3.8) is 0 Å². The monoisotopic (exact) mass is 413 g/mol. The van der Waals surface area contributed by atoms with Gasteiger partial charge in [-0.25, -0.2) is 9.50 Å². The molecule has 0 aliphatic heterocycles. The Morgan fingerprint density at radius 2 is 1.77 bits per heavy atom. The van der Waals surface area contributed by atoms with E-state index in [-0.39, 0.29) is 11.7 Å². The molecule has 5 rings (SSSR count). The summed E-state index contributed by atoms with van der Waals surface area (Å²) in [6.45, 7) is 1.99. The molecule has 1 aliphatic carbocycles. The van der Waals surface area contributed by atoms with Crippen LogP contribution in [0.15, 0.2) is 54.7 Å². The number of ketones is 1. The van der Waals surface area contributed by atoms with Crippen molar-refractivity contribution in [2.24, 2.45) is 0 Å². The van der Waals surface area contributed by atoms with Gasteiger partial charge in [-0.15, -0.1) is 0 Å². The number of aromatic nitrogens is 3. The molecule has 2 aromatic carbocycles. The third-order valence-electron chi connectivity index (χ3n) is 6.03. The maximum atomic E-state index is 13.0. The summed E-state index contributed by atoms with van der Waals surface area (Å²) in [4.78, 5) is 17.6. The summed E-state index contributed by atoms with van der Waals surface area (Å²) in [6, 6.07) is 16.0. The zero-order chi connectivity index (χ0) is 21.5. The number of fused-ring (bicyclic) bond motifs is 3. The van der Waals surface area contributed by atoms with E-state index in [0.717, 1.165) is 33.7 Å². The molecule has 0 saturated heterocycles. The predicted octanol–water partition coefficient (Wildman–Crippen LogP) is 4.63. The lowest BCUT2D eigenvalue weighted by molar-refractivity contribution is 0.0962. The van der Waals surface area contributed by atoms with Gasteiger partial charge >= 0.3 is 0 Å². The molecule has 6 heteroatoms. The van der Waals surface area contributed by atoms with Crippen LogP contribution in [0.4, 0.5) is 0 Å². The lowest BCUT2D eigenvalue weighted by Crippen LogP contribution is -2.22. The third kappa shape index (κ3) is 3.15. The number of benzene rings is 2. The number of rotatable bonds is 4. The van der Waals surface area contributed by atoms with E-state index in [1.807, 2.05) is 47.8 Å². The molecule has 156 valence electrons. The highest BCUT2D eigenvalue weighted by Gasteiger charge is 2.30. The van der Waals surface area contributed by atoms with Gasteiger partial charge in [0.25, 0.3) is 0 Å². The normalized spacial score (nSPS) is 15.7. The minimum atomic E-state index is 0.0371. The van der Waals surface area contributed by atoms with Crippen LogP contribution in [0.25, 0.3) is 16.8 Å². The first kappa shape index (κ1) is 19.3. The van der Waals surface area contributed by atoms with Gasteiger partial charge in [0.2, 0.25) is 0 Å². The number of hydrogen-bond acceptors (Lipinski definition) is 5. The fraction of sp³-hybridized carbons (Fsp3) is 0.240. The molecular weight excluding hydrogens is 390 g/mol. The highest BCUT2D eigenvalue weighted by Crippen LogP contribution is 2.38. The van der Waals surface area contributed by atoms with Crippen LogP contribution < -0.4 is 9.47 Å². The van der Waals surface area contributed by atoms with Crippen molar-refractivity contribution in [1.82, 2.24) is 14.6 Å². The highest BCUT2D eigenvalue weighted by molar-refractivity contribution is 5.99. The largest absolute Gasteiger partial charge is 0.493 e. The first-order chi connectivity index (χ1) is 15.1. The van der Waals surface area contributed by atoms with Crippen LogP contribution in [0.5, 0.6) is 11.5 Å². The van der Waals surface area contributed by atoms with E-state index in [1.165, 1.54) is 0 Å². The Labute approximate surface area is 180 Å². The van der Waals surface area contributed by atoms with E-state index < -0.39 is 0 Å². The number of Topliss-reactive ketones (excluding diaryl/α,β-unsaturated/α-hetero) is 1. The van der Waals surface area contributed by atoms with Crippen LogP contribution in [0.2, 0.25) is 0 Å². The van der Waals surface area contributed by atoms with Gasteiger partial charge in [0.15, 0.2) is 22.9 Å². The van der Waals surface area contributed by atoms with Crippen LogP contribution in [0.3, 0.4) is 0 Å². The zero-order valence-corrected chi connectivity index (χ0v) is 17.8. The van der Waals surface area contributed by atoms with Crippen LogP contribution >= 0.6 is 0 Å². The van der Waals surface area contributed by atoms with Crippen molar-refractivity contribution in [2.75, 3.05) is 14.2 Å². The van der Waals surface area contributed by atoms with Gasteiger partial charge in [-0.3, -0.25) is 4.79 Å². The molecule has 1 aliphatic rings. The highest BCUT2D eigenvalue weighted by atomic mass is 16.5. The summed E-state index contributed by atoms with van der Waals surface area (Å²) in [7, 11) is 3.24. The standard InChI is InChI=1S/C25H23N3O3/c1-15-24(16-7-5-4-6-8-16)25-26-14-19-20(28(25)27-15)11-18(12-21(19)29)17-9-10-22(30-2)23(13-17)31-3/h4-10,13-14,18H,11-12H2,1-3H3/t18-/m0/s1. The van der Waals surface area contributed by atoms with E-state index in [4.69, 9.17) is 14.6 Å². The molecule has 4 aromatic rings. The molecule has 0 spiro atoms. The van der Waals surface area contributed by atoms with E-state index >= 15 is 0 Å². The second-order valence-electron chi connectivity index (χ2n) is 7.82. The Morgan fingerprint density at radius 1 is 1.00 bits per heavy atom. The molecule has 0 unspecified atom stereocenters. The van der Waals surface area contributed by atoms with Gasteiger partial charge in [-0.05, 0) is 42.5 Å². The van der Waals surface area contributed by atoms with Crippen molar-refractivity contribution in [3.05, 3.63) is 77.2 Å². The molecule has 0 N–H and O–H groups in total. The molecule has 6 nitrogen and oxygen atoms in total. The molecular formula is C25H23N3O3. The fourth-order valence-electron chi connectivity index (χ4n) is 4.49. The van der Waals surface area contributed by atoms with Crippen molar-refractivity contribution < 1.29 is 14.3 Å². The minimum absolute atomic E-state index is 0.0371. The summed E-state index contributed by atoms with van der Waals surface area (Å²) in [5, 5.41) is 4.78. The number of aryl methyl sites for hydroxylation is 1. The van der Waals surface area contributed by atoms with Crippen molar-refractivity contribution in [2.45, 2.75) is 25.7 Å². The molecule has 2 heterocycles. The first-order valence-electron chi connectivity index (χ1n) is 10.3. The van der Waals surface area contributed by atoms with Gasteiger partial charge in [-0.1, -0.05) is 36.4 Å². The van der Waals surface area contributed by atoms with Crippen molar-refractivity contribution in [1.29, 1.82) is 0 Å². The molecule has 0 radical (unpaired) electrons. The van der Waals surface area contributed by atoms with Crippen LogP contribution in [0, 0.1) is 6.92 Å². The molecule has 1 atom stereocenters. The Kier molecular flexibility index (Phi) is 4.70. The van der Waals surface area contributed by atoms with Crippen LogP contribution in [-0.2, 0) is 6.42 Å². The molecule has 31 heavy (non-hydrogen) atoms. The topological polar surface area (TPSA) is 65.7 Å². The number of nitrogens with zero attached hydrogens (tertiary/aromatic N) is 3. The lowest BCUT2D eigenvalue weighted by Gasteiger charge is -2.24. The average Bonchev–Trinajstić information content (AvgIpc) is 3.15. The number of carbonyl (C=O) groups excluding carboxylic acids is 1. The summed E-state index contributed by atoms with van der Waals surface area (Å²) in [6.07, 6.45) is 2.85. The van der Waals surface area contributed by atoms with E-state index in [0.29, 0.717) is 29.9 Å². The first-order valence-corrected chi connectivity index (χ1v) is 10.3. The van der Waals surface area contributed by atoms with Crippen LogP contribution in [-0.4, -0.2) is 34.6 Å². The van der Waals surface area contributed by atoms with Gasteiger partial charge in [0.05, 0.1) is 31.2 Å². The van der Waals surface area contributed by atoms with Gasteiger partial charge in [0.1, 0.15) is 0 Å². The smallest absolute Gasteiger partial charge is 0.166 e. The molecule has 0 saturated carbocycles. The number of carbonyl (C=O) groups is 1. The minimum Gasteiger partial charge on any atom is -0.493 e. The van der Waals surface area contributed by atoms with Gasteiger partial charge in [0, 0.05) is 18.2 Å². The van der Waals surface area contributed by atoms with Crippen molar-refractivity contribution >= 4 is 11.4 Å². The SMILES string of the molecule is COc1ccc([C@@H]2CC(=O)c3cnc4c(-c5ccccc5)c(C)nn4c3C2)cc1OC. The average molecular weight is 413 g/mol. The predicted molar refractivity (Wildman–Crippen MR) is 118 cm³/mol. The number of ether oxygens (including phenoxy) is 2. The van der Waals surface area contributed by atoms with E-state index in [1.54, 1.807) is 20.4 Å². The summed E-state index contributed by atoms with van der Waals surface area (Å²) in [5.74, 6) is 1.47. The maximum absolute atomic E-state index is 13.0. The van der Waals surface area contributed by atoms with Crippen molar-refractivity contribution in [3.8, 4) is 22.6 Å². The maximum Gasteiger partial charge on any atom is 0.166 e. The molecule has 0 amide bonds. The molecule has 0 bridgehead atoms. The van der Waals surface area contributed by atoms with Gasteiger partial charge < -0.3 is 9.47 Å². The summed E-state index contributed by atoms with van der Waals surface area (Å²) >= 11 is 0. The number of methoxy groups -OCH3 is 2. The summed E-state index contributed by atoms with van der Waals surface area (Å²) in [5.41, 5.74) is 6.37. The Morgan fingerprint density at radius 3 is 2.52 bits per heavy atom. The lowest BCUT2D eigenvalue weighted by atomic mass is 9.82. The van der Waals surface area contributed by atoms with Crippen LogP contribution in [0.1, 0.15) is 39.6 Å². The Hall–Kier alpha value is -3.67.